The number of Topliss-reactive ketones (excluding diaryl/α,β-unsaturated/α-hetero) is 1. The van der Waals surface area contributed by atoms with E-state index in [0.29, 0.717) is 0 Å². The predicted molar refractivity (Wildman–Crippen MR) is 39.9 cm³/mol. The summed E-state index contributed by atoms with van der Waals surface area (Å²) in [5, 5.41) is 0. The summed E-state index contributed by atoms with van der Waals surface area (Å²) in [6.45, 7) is 3.53. The number of halogens is 1. The minimum Gasteiger partial charge on any atom is -0.374 e. The summed E-state index contributed by atoms with van der Waals surface area (Å²) in [6.07, 6.45) is -0.292. The molecule has 0 aliphatic carbocycles. The molecule has 2 atom stereocenters. The highest BCUT2D eigenvalue weighted by atomic mass is 79.9. The van der Waals surface area contributed by atoms with E-state index >= 15 is 0 Å². The average molecular weight is 195 g/mol. The molecule has 0 bridgehead atoms. The van der Waals surface area contributed by atoms with Gasteiger partial charge in [-0.25, -0.2) is 0 Å². The van der Waals surface area contributed by atoms with Gasteiger partial charge in [0, 0.05) is 7.11 Å². The van der Waals surface area contributed by atoms with Gasteiger partial charge in [-0.3, -0.25) is 4.79 Å². The molecule has 2 nitrogen and oxygen atoms in total. The number of carbonyl (C=O) groups is 1. The van der Waals surface area contributed by atoms with Crippen molar-refractivity contribution in [1.29, 1.82) is 0 Å². The van der Waals surface area contributed by atoms with E-state index < -0.39 is 0 Å². The quantitative estimate of drug-likeness (QED) is 0.635. The summed E-state index contributed by atoms with van der Waals surface area (Å²) in [6, 6.07) is 0. The third kappa shape index (κ3) is 2.96. The fraction of sp³-hybridized carbons (Fsp3) is 0.833. The highest BCUT2D eigenvalue weighted by Crippen LogP contribution is 2.03. The minimum atomic E-state index is -0.292. The molecule has 0 aromatic heterocycles. The van der Waals surface area contributed by atoms with Gasteiger partial charge in [0.15, 0.2) is 5.78 Å². The number of methoxy groups -OCH3 is 1. The Balaban J connectivity index is 3.73. The smallest absolute Gasteiger partial charge is 0.174 e. The van der Waals surface area contributed by atoms with Crippen molar-refractivity contribution in [1.82, 2.24) is 0 Å². The topological polar surface area (TPSA) is 26.3 Å². The standard InChI is InChI=1S/C6H11BrO2/c1-4(7)6(8)5(2)9-3/h4-5H,1-3H3. The molecule has 0 rings (SSSR count). The third-order valence-corrected chi connectivity index (χ3v) is 1.60. The molecule has 0 aromatic carbocycles. The summed E-state index contributed by atoms with van der Waals surface area (Å²) in [4.78, 5) is 10.8. The van der Waals surface area contributed by atoms with E-state index in [4.69, 9.17) is 4.74 Å². The summed E-state index contributed by atoms with van der Waals surface area (Å²) >= 11 is 3.15. The molecule has 0 N–H and O–H groups in total. The number of ether oxygens (including phenoxy) is 1. The fourth-order valence-electron chi connectivity index (χ4n) is 0.440. The maximum atomic E-state index is 10.9. The first-order valence-electron chi connectivity index (χ1n) is 2.80. The predicted octanol–water partition coefficient (Wildman–Crippen LogP) is 1.37. The first kappa shape index (κ1) is 9.11. The van der Waals surface area contributed by atoms with Crippen LogP contribution in [0.15, 0.2) is 0 Å². The van der Waals surface area contributed by atoms with Gasteiger partial charge in [0.25, 0.3) is 0 Å². The van der Waals surface area contributed by atoms with Crippen molar-refractivity contribution in [2.45, 2.75) is 24.8 Å². The zero-order valence-electron chi connectivity index (χ0n) is 5.85. The van der Waals surface area contributed by atoms with Crippen molar-refractivity contribution in [2.24, 2.45) is 0 Å². The van der Waals surface area contributed by atoms with Gasteiger partial charge >= 0.3 is 0 Å². The van der Waals surface area contributed by atoms with Crippen LogP contribution in [-0.4, -0.2) is 23.8 Å². The van der Waals surface area contributed by atoms with Crippen molar-refractivity contribution in [3.8, 4) is 0 Å². The van der Waals surface area contributed by atoms with E-state index in [2.05, 4.69) is 15.9 Å². The third-order valence-electron chi connectivity index (χ3n) is 1.15. The van der Waals surface area contributed by atoms with Crippen LogP contribution in [0.2, 0.25) is 0 Å². The number of hydrogen-bond donors (Lipinski definition) is 0. The molecule has 0 saturated heterocycles. The molecule has 2 unspecified atom stereocenters. The first-order chi connectivity index (χ1) is 4.09. The van der Waals surface area contributed by atoms with Gasteiger partial charge in [-0.1, -0.05) is 15.9 Å². The van der Waals surface area contributed by atoms with Gasteiger partial charge in [0.1, 0.15) is 6.10 Å². The highest BCUT2D eigenvalue weighted by molar-refractivity contribution is 9.10. The molecule has 0 radical (unpaired) electrons. The number of hydrogen-bond acceptors (Lipinski definition) is 2. The summed E-state index contributed by atoms with van der Waals surface area (Å²) < 4.78 is 4.79. The maximum absolute atomic E-state index is 10.9. The van der Waals surface area contributed by atoms with E-state index in [9.17, 15) is 4.79 Å². The van der Waals surface area contributed by atoms with E-state index in [1.807, 2.05) is 0 Å². The van der Waals surface area contributed by atoms with Gasteiger partial charge in [-0.05, 0) is 13.8 Å². The maximum Gasteiger partial charge on any atom is 0.174 e. The van der Waals surface area contributed by atoms with Crippen LogP contribution in [0.5, 0.6) is 0 Å². The lowest BCUT2D eigenvalue weighted by atomic mass is 10.2. The average Bonchev–Trinajstić information content (AvgIpc) is 1.84. The van der Waals surface area contributed by atoms with Crippen LogP contribution in [0.3, 0.4) is 0 Å². The van der Waals surface area contributed by atoms with Gasteiger partial charge in [0.05, 0.1) is 4.83 Å². The molecule has 9 heavy (non-hydrogen) atoms. The van der Waals surface area contributed by atoms with Gasteiger partial charge in [-0.15, -0.1) is 0 Å². The highest BCUT2D eigenvalue weighted by Gasteiger charge is 2.15. The molecule has 0 heterocycles. The monoisotopic (exact) mass is 194 g/mol. The Hall–Kier alpha value is 0.110. The molecular weight excluding hydrogens is 184 g/mol. The second kappa shape index (κ2) is 4.01. The van der Waals surface area contributed by atoms with Crippen molar-refractivity contribution in [2.75, 3.05) is 7.11 Å². The zero-order valence-corrected chi connectivity index (χ0v) is 7.44. The lowest BCUT2D eigenvalue weighted by Gasteiger charge is -2.08. The molecule has 0 saturated carbocycles. The lowest BCUT2D eigenvalue weighted by Crippen LogP contribution is -2.25. The minimum absolute atomic E-state index is 0.0810. The van der Waals surface area contributed by atoms with Crippen LogP contribution >= 0.6 is 15.9 Å². The molecule has 54 valence electrons. The number of alkyl halides is 1. The Morgan fingerprint density at radius 2 is 2.00 bits per heavy atom. The second-order valence-corrected chi connectivity index (χ2v) is 3.27. The lowest BCUT2D eigenvalue weighted by molar-refractivity contribution is -0.126. The van der Waals surface area contributed by atoms with Crippen LogP contribution < -0.4 is 0 Å². The molecular formula is C6H11BrO2. The van der Waals surface area contributed by atoms with Crippen LogP contribution in [0.1, 0.15) is 13.8 Å². The van der Waals surface area contributed by atoms with Crippen LogP contribution in [0.4, 0.5) is 0 Å². The molecule has 0 aromatic rings. The molecule has 3 heteroatoms. The Bertz CT molecular complexity index is 101. The zero-order chi connectivity index (χ0) is 7.44. The van der Waals surface area contributed by atoms with Crippen LogP contribution in [0, 0.1) is 0 Å². The Labute approximate surface area is 63.7 Å². The van der Waals surface area contributed by atoms with Crippen molar-refractivity contribution in [3.63, 3.8) is 0 Å². The molecule has 0 aliphatic heterocycles. The van der Waals surface area contributed by atoms with Gasteiger partial charge in [-0.2, -0.15) is 0 Å². The Kier molecular flexibility index (Phi) is 4.06. The van der Waals surface area contributed by atoms with Crippen LogP contribution in [0.25, 0.3) is 0 Å². The molecule has 0 aliphatic rings. The molecule has 0 fully saturated rings. The van der Waals surface area contributed by atoms with E-state index in [-0.39, 0.29) is 16.7 Å². The van der Waals surface area contributed by atoms with E-state index in [0.717, 1.165) is 0 Å². The number of ketones is 1. The fourth-order valence-corrected chi connectivity index (χ4v) is 0.812. The van der Waals surface area contributed by atoms with Crippen LogP contribution in [-0.2, 0) is 9.53 Å². The van der Waals surface area contributed by atoms with E-state index in [1.165, 1.54) is 7.11 Å². The van der Waals surface area contributed by atoms with Gasteiger partial charge < -0.3 is 4.74 Å². The van der Waals surface area contributed by atoms with Gasteiger partial charge in [0.2, 0.25) is 0 Å². The summed E-state index contributed by atoms with van der Waals surface area (Å²) in [7, 11) is 1.53. The number of carbonyl (C=O) groups excluding carboxylic acids is 1. The summed E-state index contributed by atoms with van der Waals surface area (Å²) in [5.41, 5.74) is 0. The molecule has 0 amide bonds. The Morgan fingerprint density at radius 1 is 1.56 bits per heavy atom. The Morgan fingerprint density at radius 3 is 2.11 bits per heavy atom. The SMILES string of the molecule is COC(C)C(=O)C(C)Br. The molecule has 0 spiro atoms. The van der Waals surface area contributed by atoms with Crippen molar-refractivity contribution in [3.05, 3.63) is 0 Å². The second-order valence-electron chi connectivity index (χ2n) is 1.90. The summed E-state index contributed by atoms with van der Waals surface area (Å²) in [5.74, 6) is 0.0810. The normalized spacial score (nSPS) is 16.9. The first-order valence-corrected chi connectivity index (χ1v) is 3.71. The number of rotatable bonds is 3. The largest absolute Gasteiger partial charge is 0.374 e. The van der Waals surface area contributed by atoms with Crippen molar-refractivity contribution >= 4 is 21.7 Å². The van der Waals surface area contributed by atoms with Crippen molar-refractivity contribution < 1.29 is 9.53 Å². The van der Waals surface area contributed by atoms with E-state index in [1.54, 1.807) is 13.8 Å².